The maximum atomic E-state index is 12.0. The molecule has 0 saturated heterocycles. The molecule has 5 heteroatoms. The number of thioether (sulfide) groups is 1. The van der Waals surface area contributed by atoms with Crippen LogP contribution in [0.1, 0.15) is 39.5 Å². The van der Waals surface area contributed by atoms with Crippen molar-refractivity contribution >= 4 is 44.6 Å². The first-order valence-corrected chi connectivity index (χ1v) is 9.10. The number of aliphatic carboxylic acids is 1. The number of carbonyl (C=O) groups is 1. The van der Waals surface area contributed by atoms with Crippen LogP contribution in [-0.2, 0) is 4.79 Å². The number of nitrogens with zero attached hydrogens (tertiary/aromatic N) is 1. The highest BCUT2D eigenvalue weighted by molar-refractivity contribution is 9.10. The van der Waals surface area contributed by atoms with Crippen molar-refractivity contribution in [3.05, 3.63) is 34.9 Å². The van der Waals surface area contributed by atoms with E-state index in [1.54, 1.807) is 6.20 Å². The average molecular weight is 382 g/mol. The summed E-state index contributed by atoms with van der Waals surface area (Å²) in [7, 11) is 0. The summed E-state index contributed by atoms with van der Waals surface area (Å²) in [5, 5.41) is 10.8. The lowest BCUT2D eigenvalue weighted by atomic mass is 9.97. The Bertz CT molecular complexity index is 669. The Labute approximate surface area is 143 Å². The Balaban J connectivity index is 2.50. The first-order chi connectivity index (χ1) is 10.5. The van der Waals surface area contributed by atoms with Crippen molar-refractivity contribution in [2.75, 3.05) is 0 Å². The van der Waals surface area contributed by atoms with E-state index in [9.17, 15) is 9.90 Å². The van der Waals surface area contributed by atoms with E-state index in [-0.39, 0.29) is 0 Å². The molecule has 0 bridgehead atoms. The highest BCUT2D eigenvalue weighted by Gasteiger charge is 2.38. The van der Waals surface area contributed by atoms with Gasteiger partial charge in [0.05, 0.1) is 5.52 Å². The first kappa shape index (κ1) is 17.3. The number of carboxylic acids is 1. The van der Waals surface area contributed by atoms with Gasteiger partial charge in [-0.3, -0.25) is 9.78 Å². The van der Waals surface area contributed by atoms with Crippen LogP contribution in [0, 0.1) is 0 Å². The van der Waals surface area contributed by atoms with Crippen LogP contribution in [-0.4, -0.2) is 20.8 Å². The van der Waals surface area contributed by atoms with Gasteiger partial charge in [-0.15, -0.1) is 11.8 Å². The summed E-state index contributed by atoms with van der Waals surface area (Å²) in [6.45, 7) is 4.07. The van der Waals surface area contributed by atoms with Crippen LogP contribution in [0.15, 0.2) is 39.8 Å². The maximum Gasteiger partial charge on any atom is 0.320 e. The number of fused-ring (bicyclic) bond motifs is 1. The summed E-state index contributed by atoms with van der Waals surface area (Å²) in [5.74, 6) is -0.721. The monoisotopic (exact) mass is 381 g/mol. The number of carboxylic acid groups (broad SMARTS) is 1. The summed E-state index contributed by atoms with van der Waals surface area (Å²) < 4.78 is 0.210. The number of benzene rings is 1. The Kier molecular flexibility index (Phi) is 5.87. The number of pyridine rings is 1. The van der Waals surface area contributed by atoms with Gasteiger partial charge in [0.2, 0.25) is 0 Å². The van der Waals surface area contributed by atoms with Gasteiger partial charge in [0, 0.05) is 21.0 Å². The van der Waals surface area contributed by atoms with E-state index in [0.29, 0.717) is 12.8 Å². The molecule has 0 unspecified atom stereocenters. The van der Waals surface area contributed by atoms with Gasteiger partial charge in [-0.05, 0) is 37.1 Å². The third-order valence-corrected chi connectivity index (χ3v) is 5.71. The van der Waals surface area contributed by atoms with Crippen molar-refractivity contribution < 1.29 is 9.90 Å². The molecule has 1 N–H and O–H groups in total. The van der Waals surface area contributed by atoms with Crippen LogP contribution in [0.25, 0.3) is 10.9 Å². The van der Waals surface area contributed by atoms with Gasteiger partial charge >= 0.3 is 5.97 Å². The quantitative estimate of drug-likeness (QED) is 0.642. The van der Waals surface area contributed by atoms with Crippen LogP contribution in [0.3, 0.4) is 0 Å². The van der Waals surface area contributed by atoms with Crippen molar-refractivity contribution in [3.8, 4) is 0 Å². The predicted octanol–water partition coefficient (Wildman–Crippen LogP) is 5.51. The summed E-state index contributed by atoms with van der Waals surface area (Å²) in [5.41, 5.74) is 0.889. The Morgan fingerprint density at radius 3 is 2.55 bits per heavy atom. The minimum absolute atomic E-state index is 0.665. The highest BCUT2D eigenvalue weighted by atomic mass is 79.9. The highest BCUT2D eigenvalue weighted by Crippen LogP contribution is 2.43. The van der Waals surface area contributed by atoms with Crippen molar-refractivity contribution in [2.24, 2.45) is 0 Å². The lowest BCUT2D eigenvalue weighted by molar-refractivity contribution is -0.140. The largest absolute Gasteiger partial charge is 0.480 e. The van der Waals surface area contributed by atoms with E-state index in [1.807, 2.05) is 38.1 Å². The molecule has 1 aromatic carbocycles. The van der Waals surface area contributed by atoms with E-state index in [0.717, 1.165) is 33.1 Å². The molecule has 0 aliphatic rings. The fourth-order valence-electron chi connectivity index (χ4n) is 2.68. The van der Waals surface area contributed by atoms with Gasteiger partial charge in [-0.2, -0.15) is 0 Å². The van der Waals surface area contributed by atoms with Crippen molar-refractivity contribution in [3.63, 3.8) is 0 Å². The average Bonchev–Trinajstić information content (AvgIpc) is 2.48. The van der Waals surface area contributed by atoms with E-state index in [1.165, 1.54) is 11.8 Å². The van der Waals surface area contributed by atoms with Crippen molar-refractivity contribution in [1.82, 2.24) is 4.98 Å². The molecule has 118 valence electrons. The molecule has 0 saturated carbocycles. The second kappa shape index (κ2) is 7.47. The number of hydrogen-bond donors (Lipinski definition) is 1. The molecule has 2 rings (SSSR count). The van der Waals surface area contributed by atoms with Gasteiger partial charge < -0.3 is 5.11 Å². The molecule has 22 heavy (non-hydrogen) atoms. The third kappa shape index (κ3) is 3.63. The topological polar surface area (TPSA) is 50.2 Å². The fourth-order valence-corrected chi connectivity index (χ4v) is 4.57. The van der Waals surface area contributed by atoms with Gasteiger partial charge in [0.15, 0.2) is 0 Å². The second-order valence-corrected chi connectivity index (χ2v) is 7.71. The number of aromatic nitrogens is 1. The zero-order chi connectivity index (χ0) is 16.2. The van der Waals surface area contributed by atoms with Gasteiger partial charge in [-0.1, -0.05) is 42.6 Å². The molecule has 0 atom stereocenters. The summed E-state index contributed by atoms with van der Waals surface area (Å²) in [6.07, 6.45) is 4.79. The molecule has 0 spiro atoms. The molecule has 2 aromatic rings. The third-order valence-electron chi connectivity index (χ3n) is 3.67. The minimum atomic E-state index is -0.764. The van der Waals surface area contributed by atoms with Crippen LogP contribution in [0.5, 0.6) is 0 Å². The molecular weight excluding hydrogens is 362 g/mol. The SMILES string of the molecule is CCCC(CCC)(Sc1ccnc2ccc(Br)cc12)C(=O)O. The van der Waals surface area contributed by atoms with E-state index in [4.69, 9.17) is 0 Å². The molecule has 1 aromatic heterocycles. The smallest absolute Gasteiger partial charge is 0.320 e. The lowest BCUT2D eigenvalue weighted by Gasteiger charge is -2.28. The first-order valence-electron chi connectivity index (χ1n) is 7.49. The van der Waals surface area contributed by atoms with Crippen molar-refractivity contribution in [1.29, 1.82) is 0 Å². The van der Waals surface area contributed by atoms with Gasteiger partial charge in [-0.25, -0.2) is 0 Å². The molecular formula is C17H20BrNO2S. The zero-order valence-corrected chi connectivity index (χ0v) is 15.2. The lowest BCUT2D eigenvalue weighted by Crippen LogP contribution is -2.34. The molecule has 3 nitrogen and oxygen atoms in total. The Hall–Kier alpha value is -1.07. The number of halogens is 1. The van der Waals surface area contributed by atoms with Crippen LogP contribution < -0.4 is 0 Å². The Morgan fingerprint density at radius 2 is 1.95 bits per heavy atom. The predicted molar refractivity (Wildman–Crippen MR) is 95.5 cm³/mol. The standard InChI is InChI=1S/C17H20BrNO2S/c1-3-8-17(9-4-2,16(20)21)22-15-7-10-19-14-6-5-12(18)11-13(14)15/h5-7,10-11H,3-4,8-9H2,1-2H3,(H,20,21). The summed E-state index contributed by atoms with van der Waals surface area (Å²) >= 11 is 4.95. The van der Waals surface area contributed by atoms with Crippen LogP contribution >= 0.6 is 27.7 Å². The van der Waals surface area contributed by atoms with Crippen LogP contribution in [0.2, 0.25) is 0 Å². The van der Waals surface area contributed by atoms with Gasteiger partial charge in [0.25, 0.3) is 0 Å². The van der Waals surface area contributed by atoms with E-state index >= 15 is 0 Å². The van der Waals surface area contributed by atoms with Crippen molar-refractivity contribution in [2.45, 2.75) is 49.2 Å². The second-order valence-electron chi connectivity index (χ2n) is 5.37. The van der Waals surface area contributed by atoms with E-state index < -0.39 is 10.7 Å². The zero-order valence-electron chi connectivity index (χ0n) is 12.8. The summed E-state index contributed by atoms with van der Waals surface area (Å²) in [4.78, 5) is 17.3. The molecule has 0 fully saturated rings. The Morgan fingerprint density at radius 1 is 1.27 bits per heavy atom. The summed E-state index contributed by atoms with van der Waals surface area (Å²) in [6, 6.07) is 7.83. The fraction of sp³-hybridized carbons (Fsp3) is 0.412. The molecule has 1 heterocycles. The number of hydrogen-bond acceptors (Lipinski definition) is 3. The molecule has 0 aliphatic carbocycles. The van der Waals surface area contributed by atoms with E-state index in [2.05, 4.69) is 20.9 Å². The minimum Gasteiger partial charge on any atom is -0.480 e. The van der Waals surface area contributed by atoms with Crippen LogP contribution in [0.4, 0.5) is 0 Å². The normalized spacial score (nSPS) is 11.8. The van der Waals surface area contributed by atoms with Gasteiger partial charge in [0.1, 0.15) is 4.75 Å². The molecule has 0 aliphatic heterocycles. The number of rotatable bonds is 7. The molecule has 0 amide bonds. The molecule has 0 radical (unpaired) electrons. The maximum absolute atomic E-state index is 12.0.